The molecule has 0 bridgehead atoms. The smallest absolute Gasteiger partial charge is 0.155 e. The van der Waals surface area contributed by atoms with Crippen molar-refractivity contribution in [2.24, 2.45) is 0 Å². The number of benzene rings is 1. The lowest BCUT2D eigenvalue weighted by molar-refractivity contribution is -0.00546. The summed E-state index contributed by atoms with van der Waals surface area (Å²) in [6.45, 7) is 5.78. The number of anilines is 1. The van der Waals surface area contributed by atoms with Crippen molar-refractivity contribution in [2.75, 3.05) is 18.0 Å². The molecule has 2 atom stereocenters. The summed E-state index contributed by atoms with van der Waals surface area (Å²) in [4.78, 5) is 15.5. The number of rotatable bonds is 3. The van der Waals surface area contributed by atoms with Crippen molar-refractivity contribution < 1.29 is 4.74 Å². The van der Waals surface area contributed by atoms with E-state index < -0.39 is 0 Å². The van der Waals surface area contributed by atoms with Crippen LogP contribution in [0.3, 0.4) is 0 Å². The minimum atomic E-state index is 0.160. The van der Waals surface area contributed by atoms with Crippen LogP contribution in [0.1, 0.15) is 13.8 Å². The summed E-state index contributed by atoms with van der Waals surface area (Å²) in [5.74, 6) is 0.890. The quantitative estimate of drug-likeness (QED) is 0.472. The average Bonchev–Trinajstić information content (AvgIpc) is 3.44. The number of hydrogen-bond donors (Lipinski definition) is 1. The van der Waals surface area contributed by atoms with E-state index in [-0.39, 0.29) is 12.2 Å². The summed E-state index contributed by atoms with van der Waals surface area (Å²) >= 11 is 0. The topological polar surface area (TPSA) is 97.1 Å². The number of fused-ring (bicyclic) bond motifs is 2. The maximum Gasteiger partial charge on any atom is 0.155 e. The van der Waals surface area contributed by atoms with Gasteiger partial charge in [-0.15, -0.1) is 0 Å². The summed E-state index contributed by atoms with van der Waals surface area (Å²) in [5.41, 5.74) is 5.50. The van der Waals surface area contributed by atoms with E-state index in [0.717, 1.165) is 58.0 Å². The van der Waals surface area contributed by atoms with Crippen LogP contribution in [-0.4, -0.2) is 60.1 Å². The van der Waals surface area contributed by atoms with E-state index >= 15 is 0 Å². The molecule has 1 aliphatic rings. The summed E-state index contributed by atoms with van der Waals surface area (Å²) < 4.78 is 7.64. The van der Waals surface area contributed by atoms with Crippen molar-refractivity contribution in [1.29, 1.82) is 0 Å². The molecule has 32 heavy (non-hydrogen) atoms. The molecule has 9 heteroatoms. The third kappa shape index (κ3) is 3.27. The van der Waals surface area contributed by atoms with Crippen molar-refractivity contribution in [3.63, 3.8) is 0 Å². The van der Waals surface area contributed by atoms with Crippen LogP contribution < -0.4 is 4.90 Å². The normalized spacial score (nSPS) is 19.1. The average molecular weight is 426 g/mol. The highest BCUT2D eigenvalue weighted by molar-refractivity contribution is 5.95. The molecule has 5 aromatic rings. The van der Waals surface area contributed by atoms with Crippen molar-refractivity contribution in [3.8, 4) is 22.5 Å². The van der Waals surface area contributed by atoms with Gasteiger partial charge >= 0.3 is 0 Å². The van der Waals surface area contributed by atoms with Crippen molar-refractivity contribution in [3.05, 3.63) is 55.2 Å². The molecule has 0 unspecified atom stereocenters. The molecule has 0 aliphatic carbocycles. The second-order valence-electron chi connectivity index (χ2n) is 8.24. The standard InChI is InChI=1S/C23H22N8O/c1-14-9-30(10-15(2)32-14)22-8-20(24-12-25-22)23-18-7-16(3-5-19(18)28-29-23)17-4-6-21-26-13-27-31(21)11-17/h3-8,11-15H,9-10H2,1-2H3,(H,28,29)/t14-,15+. The SMILES string of the molecule is C[C@@H]1CN(c2cc(-c3n[nH]c4ccc(-c5ccc6ncnn6c5)cc34)ncn2)C[C@H](C)O1. The van der Waals surface area contributed by atoms with Gasteiger partial charge in [0.15, 0.2) is 5.65 Å². The Morgan fingerprint density at radius 3 is 2.66 bits per heavy atom. The van der Waals surface area contributed by atoms with Crippen LogP contribution in [0, 0.1) is 0 Å². The maximum absolute atomic E-state index is 5.86. The fourth-order valence-corrected chi connectivity index (χ4v) is 4.39. The van der Waals surface area contributed by atoms with E-state index in [4.69, 9.17) is 4.74 Å². The number of pyridine rings is 1. The molecule has 9 nitrogen and oxygen atoms in total. The van der Waals surface area contributed by atoms with Gasteiger partial charge in [0.25, 0.3) is 0 Å². The molecule has 5 heterocycles. The fraction of sp³-hybridized carbons (Fsp3) is 0.261. The van der Waals surface area contributed by atoms with Gasteiger partial charge < -0.3 is 9.64 Å². The molecule has 1 aromatic carbocycles. The number of nitrogens with zero attached hydrogens (tertiary/aromatic N) is 7. The zero-order valence-electron chi connectivity index (χ0n) is 17.8. The molecular formula is C23H22N8O. The Morgan fingerprint density at radius 2 is 1.78 bits per heavy atom. The van der Waals surface area contributed by atoms with Gasteiger partial charge in [0.1, 0.15) is 24.2 Å². The van der Waals surface area contributed by atoms with Crippen molar-refractivity contribution in [1.82, 2.24) is 34.8 Å². The van der Waals surface area contributed by atoms with E-state index in [2.05, 4.69) is 67.2 Å². The molecule has 1 N–H and O–H groups in total. The first-order chi connectivity index (χ1) is 15.6. The van der Waals surface area contributed by atoms with Crippen LogP contribution in [0.4, 0.5) is 5.82 Å². The Bertz CT molecular complexity index is 1410. The lowest BCUT2D eigenvalue weighted by Gasteiger charge is -2.36. The lowest BCUT2D eigenvalue weighted by atomic mass is 10.0. The number of aromatic nitrogens is 7. The Kier molecular flexibility index (Phi) is 4.36. The second-order valence-corrected chi connectivity index (χ2v) is 8.24. The van der Waals surface area contributed by atoms with Gasteiger partial charge in [-0.2, -0.15) is 10.2 Å². The van der Waals surface area contributed by atoms with Gasteiger partial charge in [0.2, 0.25) is 0 Å². The Labute approximate surface area is 184 Å². The van der Waals surface area contributed by atoms with E-state index in [1.54, 1.807) is 17.2 Å². The summed E-state index contributed by atoms with van der Waals surface area (Å²) in [6, 6.07) is 12.3. The monoisotopic (exact) mass is 426 g/mol. The van der Waals surface area contributed by atoms with Crippen molar-refractivity contribution in [2.45, 2.75) is 26.1 Å². The number of H-pyrrole nitrogens is 1. The molecule has 4 aromatic heterocycles. The predicted octanol–water partition coefficient (Wildman–Crippen LogP) is 3.34. The van der Waals surface area contributed by atoms with E-state index in [1.165, 1.54) is 0 Å². The van der Waals surface area contributed by atoms with Gasteiger partial charge in [-0.1, -0.05) is 6.07 Å². The molecule has 160 valence electrons. The minimum absolute atomic E-state index is 0.160. The number of nitrogens with one attached hydrogen (secondary N) is 1. The zero-order valence-corrected chi connectivity index (χ0v) is 17.8. The second kappa shape index (κ2) is 7.38. The van der Waals surface area contributed by atoms with E-state index in [0.29, 0.717) is 0 Å². The zero-order chi connectivity index (χ0) is 21.7. The highest BCUT2D eigenvalue weighted by Gasteiger charge is 2.24. The molecule has 1 saturated heterocycles. The molecule has 0 amide bonds. The first kappa shape index (κ1) is 18.9. The maximum atomic E-state index is 5.86. The number of ether oxygens (including phenoxy) is 1. The van der Waals surface area contributed by atoms with Crippen LogP contribution in [0.5, 0.6) is 0 Å². The third-order valence-electron chi connectivity index (χ3n) is 5.81. The largest absolute Gasteiger partial charge is 0.372 e. The summed E-state index contributed by atoms with van der Waals surface area (Å²) in [6.07, 6.45) is 5.46. The highest BCUT2D eigenvalue weighted by Crippen LogP contribution is 2.31. The number of morpholine rings is 1. The molecule has 0 radical (unpaired) electrons. The van der Waals surface area contributed by atoms with Gasteiger partial charge in [-0.25, -0.2) is 19.5 Å². The van der Waals surface area contributed by atoms with Gasteiger partial charge in [0, 0.05) is 36.3 Å². The van der Waals surface area contributed by atoms with Gasteiger partial charge in [0.05, 0.1) is 23.4 Å². The molecule has 0 saturated carbocycles. The molecular weight excluding hydrogens is 404 g/mol. The third-order valence-corrected chi connectivity index (χ3v) is 5.81. The van der Waals surface area contributed by atoms with Crippen LogP contribution in [0.2, 0.25) is 0 Å². The van der Waals surface area contributed by atoms with Crippen molar-refractivity contribution >= 4 is 22.4 Å². The van der Waals surface area contributed by atoms with Crippen LogP contribution in [0.25, 0.3) is 39.1 Å². The Balaban J connectivity index is 1.40. The predicted molar refractivity (Wildman–Crippen MR) is 121 cm³/mol. The molecule has 0 spiro atoms. The Morgan fingerprint density at radius 1 is 0.938 bits per heavy atom. The van der Waals surface area contributed by atoms with E-state index in [1.807, 2.05) is 24.4 Å². The van der Waals surface area contributed by atoms with Crippen LogP contribution >= 0.6 is 0 Å². The number of hydrogen-bond acceptors (Lipinski definition) is 7. The van der Waals surface area contributed by atoms with Crippen LogP contribution in [-0.2, 0) is 4.74 Å². The minimum Gasteiger partial charge on any atom is -0.372 e. The number of aromatic amines is 1. The first-order valence-corrected chi connectivity index (χ1v) is 10.6. The molecule has 1 fully saturated rings. The van der Waals surface area contributed by atoms with Crippen LogP contribution in [0.15, 0.2) is 55.2 Å². The molecule has 6 rings (SSSR count). The van der Waals surface area contributed by atoms with Gasteiger partial charge in [-0.3, -0.25) is 5.10 Å². The summed E-state index contributed by atoms with van der Waals surface area (Å²) in [7, 11) is 0. The molecule has 1 aliphatic heterocycles. The lowest BCUT2D eigenvalue weighted by Crippen LogP contribution is -2.45. The van der Waals surface area contributed by atoms with Gasteiger partial charge in [-0.05, 0) is 43.7 Å². The van der Waals surface area contributed by atoms with E-state index in [9.17, 15) is 0 Å². The Hall–Kier alpha value is -3.85. The summed E-state index contributed by atoms with van der Waals surface area (Å²) in [5, 5.41) is 13.0. The fourth-order valence-electron chi connectivity index (χ4n) is 4.39. The first-order valence-electron chi connectivity index (χ1n) is 10.6. The highest BCUT2D eigenvalue weighted by atomic mass is 16.5.